The van der Waals surface area contributed by atoms with Gasteiger partial charge < -0.3 is 9.73 Å². The smallest absolute Gasteiger partial charge is 0.244 e. The second-order valence-electron chi connectivity index (χ2n) is 8.19. The van der Waals surface area contributed by atoms with Gasteiger partial charge in [-0.05, 0) is 49.4 Å². The number of carbonyl (C=O) groups is 1. The number of rotatable bonds is 5. The Morgan fingerprint density at radius 2 is 2.07 bits per heavy atom. The first-order valence-corrected chi connectivity index (χ1v) is 11.6. The molecule has 0 radical (unpaired) electrons. The van der Waals surface area contributed by atoms with Crippen LogP contribution in [0.2, 0.25) is 0 Å². The molecule has 1 N–H and O–H groups in total. The Balaban J connectivity index is 1.55. The third-order valence-electron chi connectivity index (χ3n) is 6.29. The number of hydrogen-bond donors (Lipinski definition) is 1. The lowest BCUT2D eigenvalue weighted by molar-refractivity contribution is -0.128. The first kappa shape index (κ1) is 20.1. The van der Waals surface area contributed by atoms with Crippen molar-refractivity contribution in [3.8, 4) is 0 Å². The van der Waals surface area contributed by atoms with Gasteiger partial charge in [0.05, 0.1) is 12.5 Å². The van der Waals surface area contributed by atoms with E-state index in [1.165, 1.54) is 10.5 Å². The number of carbonyl (C=O) groups excluding carboxylic acids is 1. The minimum absolute atomic E-state index is 0.0927. The molecule has 3 heterocycles. The number of nitrogens with zero attached hydrogens (tertiary/aromatic N) is 2. The lowest BCUT2D eigenvalue weighted by Crippen LogP contribution is -2.42. The van der Waals surface area contributed by atoms with Gasteiger partial charge in [-0.3, -0.25) is 9.78 Å². The van der Waals surface area contributed by atoms with Gasteiger partial charge in [-0.25, -0.2) is 8.42 Å². The maximum absolute atomic E-state index is 13.1. The summed E-state index contributed by atoms with van der Waals surface area (Å²) in [5, 5.41) is 2.97. The van der Waals surface area contributed by atoms with E-state index in [-0.39, 0.29) is 28.7 Å². The molecule has 2 aromatic heterocycles. The highest BCUT2D eigenvalue weighted by atomic mass is 32.2. The lowest BCUT2D eigenvalue weighted by atomic mass is 9.67. The normalized spacial score (nSPS) is 22.0. The largest absolute Gasteiger partial charge is 0.465 e. The van der Waals surface area contributed by atoms with Crippen LogP contribution in [0.15, 0.2) is 46.0 Å². The second kappa shape index (κ2) is 7.91. The number of hydrogen-bond acceptors (Lipinski definition) is 5. The molecule has 1 amide bonds. The van der Waals surface area contributed by atoms with Gasteiger partial charge in [-0.15, -0.1) is 0 Å². The summed E-state index contributed by atoms with van der Waals surface area (Å²) in [5.41, 5.74) is -0.295. The van der Waals surface area contributed by atoms with E-state index < -0.39 is 10.0 Å². The molecule has 1 atom stereocenters. The van der Waals surface area contributed by atoms with E-state index in [2.05, 4.69) is 10.3 Å². The number of aromatic nitrogens is 1. The Morgan fingerprint density at radius 1 is 1.28 bits per heavy atom. The molecule has 29 heavy (non-hydrogen) atoms. The molecule has 0 aromatic carbocycles. The van der Waals surface area contributed by atoms with Crippen molar-refractivity contribution in [1.82, 2.24) is 14.6 Å². The SMILES string of the molecule is Cc1ccc(CNC(=O)C2CN(S(=O)(=O)c3cccnc3)CC23CCCCC3)o1. The zero-order chi connectivity index (χ0) is 20.5. The van der Waals surface area contributed by atoms with Crippen LogP contribution in [0.1, 0.15) is 43.6 Å². The van der Waals surface area contributed by atoms with Gasteiger partial charge in [0.15, 0.2) is 0 Å². The first-order chi connectivity index (χ1) is 13.9. The minimum Gasteiger partial charge on any atom is -0.465 e. The zero-order valence-electron chi connectivity index (χ0n) is 16.6. The number of nitrogens with one attached hydrogen (secondary N) is 1. The molecule has 1 saturated heterocycles. The topological polar surface area (TPSA) is 92.5 Å². The predicted octanol–water partition coefficient (Wildman–Crippen LogP) is 2.87. The van der Waals surface area contributed by atoms with E-state index >= 15 is 0 Å². The molecule has 156 valence electrons. The maximum atomic E-state index is 13.1. The van der Waals surface area contributed by atoms with E-state index in [0.29, 0.717) is 18.8 Å². The highest BCUT2D eigenvalue weighted by Gasteiger charge is 2.53. The van der Waals surface area contributed by atoms with Crippen molar-refractivity contribution in [2.24, 2.45) is 11.3 Å². The molecular formula is C21H27N3O4S. The number of aryl methyl sites for hydroxylation is 1. The molecule has 1 spiro atoms. The molecule has 8 heteroatoms. The Morgan fingerprint density at radius 3 is 2.72 bits per heavy atom. The monoisotopic (exact) mass is 417 g/mol. The van der Waals surface area contributed by atoms with Crippen molar-refractivity contribution in [3.63, 3.8) is 0 Å². The summed E-state index contributed by atoms with van der Waals surface area (Å²) in [6.07, 6.45) is 7.88. The molecular weight excluding hydrogens is 390 g/mol. The Bertz CT molecular complexity index is 965. The molecule has 1 saturated carbocycles. The Kier molecular flexibility index (Phi) is 5.48. The highest BCUT2D eigenvalue weighted by molar-refractivity contribution is 7.89. The van der Waals surface area contributed by atoms with E-state index in [0.717, 1.165) is 37.9 Å². The fourth-order valence-corrected chi connectivity index (χ4v) is 6.27. The van der Waals surface area contributed by atoms with Crippen LogP contribution >= 0.6 is 0 Å². The van der Waals surface area contributed by atoms with E-state index in [9.17, 15) is 13.2 Å². The van der Waals surface area contributed by atoms with Crippen LogP contribution in [0.4, 0.5) is 0 Å². The fourth-order valence-electron chi connectivity index (χ4n) is 4.76. The summed E-state index contributed by atoms with van der Waals surface area (Å²) in [7, 11) is -3.67. The predicted molar refractivity (Wildman–Crippen MR) is 107 cm³/mol. The second-order valence-corrected chi connectivity index (χ2v) is 10.1. The molecule has 7 nitrogen and oxygen atoms in total. The third-order valence-corrected chi connectivity index (χ3v) is 8.08. The molecule has 2 fully saturated rings. The molecule has 2 aliphatic rings. The summed E-state index contributed by atoms with van der Waals surface area (Å²) in [4.78, 5) is 17.3. The van der Waals surface area contributed by atoms with Gasteiger partial charge in [0.25, 0.3) is 0 Å². The van der Waals surface area contributed by atoms with Crippen LogP contribution in [0.5, 0.6) is 0 Å². The zero-order valence-corrected chi connectivity index (χ0v) is 17.5. The summed E-state index contributed by atoms with van der Waals surface area (Å²) < 4.78 is 33.3. The number of sulfonamides is 1. The van der Waals surface area contributed by atoms with Gasteiger partial charge in [-0.1, -0.05) is 19.3 Å². The Hall–Kier alpha value is -2.19. The summed E-state index contributed by atoms with van der Waals surface area (Å²) in [6.45, 7) is 2.78. The van der Waals surface area contributed by atoms with E-state index in [4.69, 9.17) is 4.42 Å². The molecule has 1 aliphatic carbocycles. The third kappa shape index (κ3) is 3.96. The van der Waals surface area contributed by atoms with Crippen molar-refractivity contribution in [2.45, 2.75) is 50.5 Å². The number of amides is 1. The van der Waals surface area contributed by atoms with Gasteiger partial charge in [0.1, 0.15) is 16.4 Å². The van der Waals surface area contributed by atoms with Gasteiger partial charge in [-0.2, -0.15) is 4.31 Å². The molecule has 2 aromatic rings. The summed E-state index contributed by atoms with van der Waals surface area (Å²) in [6, 6.07) is 6.89. The summed E-state index contributed by atoms with van der Waals surface area (Å²) in [5.74, 6) is 1.05. The molecule has 4 rings (SSSR count). The van der Waals surface area contributed by atoms with E-state index in [1.54, 1.807) is 18.3 Å². The fraction of sp³-hybridized carbons (Fsp3) is 0.524. The quantitative estimate of drug-likeness (QED) is 0.808. The molecule has 0 bridgehead atoms. The van der Waals surface area contributed by atoms with Crippen molar-refractivity contribution >= 4 is 15.9 Å². The number of furan rings is 1. The number of pyridine rings is 1. The van der Waals surface area contributed by atoms with Gasteiger partial charge in [0.2, 0.25) is 15.9 Å². The average Bonchev–Trinajstić information content (AvgIpc) is 3.31. The maximum Gasteiger partial charge on any atom is 0.244 e. The standard InChI is InChI=1S/C21H27N3O4S/c1-16-7-8-17(28-16)12-23-20(25)19-14-24(15-21(19)9-3-2-4-10-21)29(26,27)18-6-5-11-22-13-18/h5-8,11,13,19H,2-4,9-10,12,14-15H2,1H3,(H,23,25). The molecule has 1 unspecified atom stereocenters. The minimum atomic E-state index is -3.67. The van der Waals surface area contributed by atoms with Crippen LogP contribution in [0, 0.1) is 18.3 Å². The van der Waals surface area contributed by atoms with Crippen molar-refractivity contribution < 1.29 is 17.6 Å². The van der Waals surface area contributed by atoms with Crippen LogP contribution < -0.4 is 5.32 Å². The van der Waals surface area contributed by atoms with Gasteiger partial charge >= 0.3 is 0 Å². The van der Waals surface area contributed by atoms with Crippen LogP contribution in [-0.4, -0.2) is 36.7 Å². The van der Waals surface area contributed by atoms with Crippen LogP contribution in [0.3, 0.4) is 0 Å². The van der Waals surface area contributed by atoms with Crippen LogP contribution in [0.25, 0.3) is 0 Å². The Labute approximate surface area is 171 Å². The lowest BCUT2D eigenvalue weighted by Gasteiger charge is -2.37. The van der Waals surface area contributed by atoms with Crippen molar-refractivity contribution in [1.29, 1.82) is 0 Å². The first-order valence-electron chi connectivity index (χ1n) is 10.1. The van der Waals surface area contributed by atoms with Crippen molar-refractivity contribution in [2.75, 3.05) is 13.1 Å². The summed E-state index contributed by atoms with van der Waals surface area (Å²) >= 11 is 0. The van der Waals surface area contributed by atoms with Crippen LogP contribution in [-0.2, 0) is 21.4 Å². The average molecular weight is 418 g/mol. The van der Waals surface area contributed by atoms with Crippen molar-refractivity contribution in [3.05, 3.63) is 48.2 Å². The van der Waals surface area contributed by atoms with E-state index in [1.807, 2.05) is 19.1 Å². The van der Waals surface area contributed by atoms with Gasteiger partial charge in [0, 0.05) is 25.5 Å². The molecule has 1 aliphatic heterocycles. The highest BCUT2D eigenvalue weighted by Crippen LogP contribution is 2.48.